The summed E-state index contributed by atoms with van der Waals surface area (Å²) in [5.41, 5.74) is 0. The van der Waals surface area contributed by atoms with Gasteiger partial charge in [-0.3, -0.25) is 14.1 Å². The first kappa shape index (κ1) is 57.4. The van der Waals surface area contributed by atoms with E-state index >= 15 is 0 Å². The summed E-state index contributed by atoms with van der Waals surface area (Å²) in [5.74, 6) is -2.01. The van der Waals surface area contributed by atoms with Crippen LogP contribution in [0.3, 0.4) is 0 Å². The van der Waals surface area contributed by atoms with Gasteiger partial charge in [0.1, 0.15) is 36.8 Å². The van der Waals surface area contributed by atoms with Gasteiger partial charge < -0.3 is 34.3 Å². The van der Waals surface area contributed by atoms with Crippen molar-refractivity contribution in [1.82, 2.24) is 0 Å². The van der Waals surface area contributed by atoms with E-state index < -0.39 is 71.2 Å². The van der Waals surface area contributed by atoms with E-state index in [-0.39, 0.29) is 19.4 Å². The van der Waals surface area contributed by atoms with E-state index in [1.807, 2.05) is 0 Å². The third kappa shape index (κ3) is 32.9. The van der Waals surface area contributed by atoms with E-state index in [0.29, 0.717) is 12.8 Å². The fourth-order valence-corrected chi connectivity index (χ4v) is 7.59. The second-order valence-electron chi connectivity index (χ2n) is 16.4. The lowest BCUT2D eigenvalue weighted by Gasteiger charge is -2.40. The summed E-state index contributed by atoms with van der Waals surface area (Å²) >= 11 is 0. The van der Waals surface area contributed by atoms with Crippen molar-refractivity contribution in [2.24, 2.45) is 0 Å². The van der Waals surface area contributed by atoms with E-state index in [1.165, 1.54) is 57.8 Å². The molecule has 0 saturated carbocycles. The molecule has 0 amide bonds. The average Bonchev–Trinajstić information content (AvgIpc) is 3.24. The zero-order valence-corrected chi connectivity index (χ0v) is 39.0. The predicted molar refractivity (Wildman–Crippen MR) is 247 cm³/mol. The smallest absolute Gasteiger partial charge is 0.306 e. The third-order valence-electron chi connectivity index (χ3n) is 10.6. The quantitative estimate of drug-likeness (QED) is 0.0198. The summed E-state index contributed by atoms with van der Waals surface area (Å²) in [6, 6.07) is 0. The number of ether oxygens (including phenoxy) is 4. The van der Waals surface area contributed by atoms with Gasteiger partial charge in [0.2, 0.25) is 0 Å². The van der Waals surface area contributed by atoms with Crippen molar-refractivity contribution < 1.29 is 56.8 Å². The van der Waals surface area contributed by atoms with Crippen LogP contribution in [0.1, 0.15) is 181 Å². The van der Waals surface area contributed by atoms with E-state index in [1.54, 1.807) is 0 Å². The number of aliphatic hydroxyl groups is 3. The molecule has 62 heavy (non-hydrogen) atoms. The van der Waals surface area contributed by atoms with Crippen molar-refractivity contribution in [2.45, 2.75) is 218 Å². The number of hydrogen-bond acceptors (Lipinski definition) is 11. The fourth-order valence-electron chi connectivity index (χ4n) is 6.90. The van der Waals surface area contributed by atoms with Crippen molar-refractivity contribution in [1.29, 1.82) is 0 Å². The monoisotopic (exact) mass is 897 g/mol. The molecule has 0 bridgehead atoms. The van der Waals surface area contributed by atoms with Crippen LogP contribution in [0.25, 0.3) is 0 Å². The number of hydrogen-bond donors (Lipinski definition) is 4. The Kier molecular flexibility index (Phi) is 35.9. The molecule has 1 heterocycles. The topological polar surface area (TPSA) is 186 Å². The van der Waals surface area contributed by atoms with Crippen LogP contribution in [-0.2, 0) is 38.7 Å². The zero-order valence-electron chi connectivity index (χ0n) is 38.2. The molecule has 0 spiro atoms. The van der Waals surface area contributed by atoms with Gasteiger partial charge in [0, 0.05) is 12.8 Å². The van der Waals surface area contributed by atoms with Crippen LogP contribution < -0.4 is 0 Å². The van der Waals surface area contributed by atoms with Crippen LogP contribution in [0.4, 0.5) is 0 Å². The SMILES string of the molecule is CC/C=C\C/C=C\C/C=C\CCCCCCCC(=O)OC(COC(=O)CCCCCCCCCCC/C=C\C/C=C\CCCCC)COC1OC(CS(=O)(=O)O)C(O)C(O)C1O. The summed E-state index contributed by atoms with van der Waals surface area (Å²) in [7, 11) is -4.61. The third-order valence-corrected chi connectivity index (χ3v) is 11.3. The number of carbonyl (C=O) groups is 2. The van der Waals surface area contributed by atoms with Crippen molar-refractivity contribution in [3.8, 4) is 0 Å². The highest BCUT2D eigenvalue weighted by molar-refractivity contribution is 7.85. The number of carbonyl (C=O) groups excluding carboxylic acids is 2. The molecule has 1 fully saturated rings. The molecule has 0 aromatic rings. The molecule has 0 radical (unpaired) electrons. The molecule has 13 heteroatoms. The van der Waals surface area contributed by atoms with Gasteiger partial charge in [-0.15, -0.1) is 0 Å². The molecule has 4 N–H and O–H groups in total. The minimum Gasteiger partial charge on any atom is -0.462 e. The minimum atomic E-state index is -4.61. The van der Waals surface area contributed by atoms with Gasteiger partial charge in [-0.1, -0.05) is 152 Å². The highest BCUT2D eigenvalue weighted by Gasteiger charge is 2.46. The first-order valence-corrected chi connectivity index (χ1v) is 25.5. The lowest BCUT2D eigenvalue weighted by Crippen LogP contribution is -2.60. The summed E-state index contributed by atoms with van der Waals surface area (Å²) in [5, 5.41) is 30.9. The van der Waals surface area contributed by atoms with Crippen molar-refractivity contribution >= 4 is 22.1 Å². The molecule has 6 atom stereocenters. The molecular formula is C49H84O12S. The van der Waals surface area contributed by atoms with Gasteiger partial charge in [0.05, 0.1) is 6.61 Å². The highest BCUT2D eigenvalue weighted by Crippen LogP contribution is 2.24. The maximum absolute atomic E-state index is 12.8. The van der Waals surface area contributed by atoms with E-state index in [9.17, 15) is 37.9 Å². The van der Waals surface area contributed by atoms with Crippen LogP contribution in [0.15, 0.2) is 60.8 Å². The predicted octanol–water partition coefficient (Wildman–Crippen LogP) is 10.1. The minimum absolute atomic E-state index is 0.142. The molecule has 0 aromatic heterocycles. The van der Waals surface area contributed by atoms with Crippen LogP contribution in [-0.4, -0.2) is 96.0 Å². The van der Waals surface area contributed by atoms with Gasteiger partial charge >= 0.3 is 11.9 Å². The zero-order chi connectivity index (χ0) is 45.5. The van der Waals surface area contributed by atoms with Crippen LogP contribution in [0.2, 0.25) is 0 Å². The van der Waals surface area contributed by atoms with Gasteiger partial charge in [-0.05, 0) is 77.0 Å². The molecule has 1 aliphatic rings. The number of aliphatic hydroxyl groups excluding tert-OH is 3. The normalized spacial score (nSPS) is 20.4. The van der Waals surface area contributed by atoms with E-state index in [4.69, 9.17) is 18.9 Å². The summed E-state index contributed by atoms with van der Waals surface area (Å²) in [6.45, 7) is 3.61. The Morgan fingerprint density at radius 1 is 0.565 bits per heavy atom. The van der Waals surface area contributed by atoms with Crippen molar-refractivity contribution in [2.75, 3.05) is 19.0 Å². The first-order chi connectivity index (χ1) is 30.0. The summed E-state index contributed by atoms with van der Waals surface area (Å²) < 4.78 is 54.1. The fraction of sp³-hybridized carbons (Fsp3) is 0.755. The number of unbranched alkanes of at least 4 members (excludes halogenated alkanes) is 17. The molecule has 1 rings (SSSR count). The lowest BCUT2D eigenvalue weighted by atomic mass is 10.00. The Morgan fingerprint density at radius 3 is 1.52 bits per heavy atom. The van der Waals surface area contributed by atoms with Gasteiger partial charge in [-0.2, -0.15) is 8.42 Å². The molecule has 12 nitrogen and oxygen atoms in total. The maximum Gasteiger partial charge on any atom is 0.306 e. The van der Waals surface area contributed by atoms with Crippen LogP contribution in [0, 0.1) is 0 Å². The second-order valence-corrected chi connectivity index (χ2v) is 17.9. The molecule has 6 unspecified atom stereocenters. The molecule has 0 aliphatic carbocycles. The highest BCUT2D eigenvalue weighted by atomic mass is 32.2. The number of esters is 2. The Labute approximate surface area is 375 Å². The number of allylic oxidation sites excluding steroid dienone is 10. The van der Waals surface area contributed by atoms with Gasteiger partial charge in [0.15, 0.2) is 12.4 Å². The summed E-state index contributed by atoms with van der Waals surface area (Å²) in [6.07, 6.45) is 38.3. The molecule has 1 saturated heterocycles. The maximum atomic E-state index is 12.8. The molecule has 0 aromatic carbocycles. The lowest BCUT2D eigenvalue weighted by molar-refractivity contribution is -0.297. The van der Waals surface area contributed by atoms with E-state index in [2.05, 4.69) is 74.6 Å². The Balaban J connectivity index is 2.42. The van der Waals surface area contributed by atoms with Crippen LogP contribution in [0.5, 0.6) is 0 Å². The first-order valence-electron chi connectivity index (χ1n) is 23.8. The van der Waals surface area contributed by atoms with Crippen LogP contribution >= 0.6 is 0 Å². The van der Waals surface area contributed by atoms with Crippen molar-refractivity contribution in [3.05, 3.63) is 60.8 Å². The van der Waals surface area contributed by atoms with Crippen molar-refractivity contribution in [3.63, 3.8) is 0 Å². The van der Waals surface area contributed by atoms with Gasteiger partial charge in [0.25, 0.3) is 10.1 Å². The Morgan fingerprint density at radius 2 is 1.02 bits per heavy atom. The van der Waals surface area contributed by atoms with E-state index in [0.717, 1.165) is 83.5 Å². The Bertz CT molecular complexity index is 1370. The standard InChI is InChI=1S/C49H84O12S/c1-3-5-7-9-11-13-15-17-19-20-21-22-24-25-27-29-31-33-35-37-44(50)58-39-42(40-59-49-48(54)47(53)46(52)43(61-49)41-62(55,56)57)60-45(51)38-36-34-32-30-28-26-23-18-16-14-12-10-8-6-4-2/h6,8,11-14,17-19,23,42-43,46-49,52-54H,3-5,7,9-10,15-16,20-22,24-41H2,1-2H3,(H,55,56,57)/b8-6-,13-11-,14-12-,19-17-,23-18-. The van der Waals surface area contributed by atoms with Gasteiger partial charge in [-0.25, -0.2) is 0 Å². The molecule has 1 aliphatic heterocycles. The molecular weight excluding hydrogens is 813 g/mol. The number of rotatable bonds is 39. The average molecular weight is 897 g/mol. The largest absolute Gasteiger partial charge is 0.462 e. The second kappa shape index (κ2) is 38.8. The summed E-state index contributed by atoms with van der Waals surface area (Å²) in [4.78, 5) is 25.5. The Hall–Kier alpha value is -2.65. The molecule has 358 valence electrons.